The van der Waals surface area contributed by atoms with Gasteiger partial charge in [-0.25, -0.2) is 0 Å². The van der Waals surface area contributed by atoms with Crippen molar-refractivity contribution in [1.82, 2.24) is 24.6 Å². The van der Waals surface area contributed by atoms with Crippen molar-refractivity contribution >= 4 is 11.8 Å². The summed E-state index contributed by atoms with van der Waals surface area (Å²) < 4.78 is 1.75. The van der Waals surface area contributed by atoms with E-state index in [0.717, 1.165) is 24.1 Å². The van der Waals surface area contributed by atoms with Crippen LogP contribution in [0, 0.1) is 5.92 Å². The summed E-state index contributed by atoms with van der Waals surface area (Å²) in [4.78, 5) is 33.4. The van der Waals surface area contributed by atoms with Crippen molar-refractivity contribution in [2.24, 2.45) is 13.0 Å². The Morgan fingerprint density at radius 1 is 1.35 bits per heavy atom. The molecule has 7 nitrogen and oxygen atoms in total. The van der Waals surface area contributed by atoms with Crippen LogP contribution in [0.15, 0.2) is 36.8 Å². The Morgan fingerprint density at radius 2 is 2.19 bits per heavy atom. The third kappa shape index (κ3) is 3.61. The van der Waals surface area contributed by atoms with Gasteiger partial charge in [-0.15, -0.1) is 0 Å². The van der Waals surface area contributed by atoms with Crippen LogP contribution in [0.2, 0.25) is 0 Å². The maximum Gasteiger partial charge on any atom is 0.228 e. The van der Waals surface area contributed by atoms with Gasteiger partial charge in [-0.05, 0) is 25.0 Å². The van der Waals surface area contributed by atoms with E-state index in [0.29, 0.717) is 32.1 Å². The summed E-state index contributed by atoms with van der Waals surface area (Å²) in [6.45, 7) is 1.52. The fourth-order valence-corrected chi connectivity index (χ4v) is 3.54. The maximum atomic E-state index is 13.1. The lowest BCUT2D eigenvalue weighted by Gasteiger charge is -2.25. The zero-order chi connectivity index (χ0) is 18.1. The molecule has 1 aliphatic carbocycles. The summed E-state index contributed by atoms with van der Waals surface area (Å²) in [5.41, 5.74) is 1.88. The fourth-order valence-electron chi connectivity index (χ4n) is 3.54. The van der Waals surface area contributed by atoms with Crippen molar-refractivity contribution < 1.29 is 9.59 Å². The summed E-state index contributed by atoms with van der Waals surface area (Å²) in [5, 5.41) is 4.19. The monoisotopic (exact) mass is 353 g/mol. The zero-order valence-corrected chi connectivity index (χ0v) is 14.9. The maximum absolute atomic E-state index is 13.1. The zero-order valence-electron chi connectivity index (χ0n) is 14.9. The van der Waals surface area contributed by atoms with E-state index in [1.807, 2.05) is 36.3 Å². The average molecular weight is 353 g/mol. The van der Waals surface area contributed by atoms with Gasteiger partial charge >= 0.3 is 0 Å². The molecule has 1 unspecified atom stereocenters. The number of pyridine rings is 1. The Labute approximate surface area is 152 Å². The minimum Gasteiger partial charge on any atom is -0.336 e. The lowest BCUT2D eigenvalue weighted by Crippen LogP contribution is -2.38. The molecule has 2 aromatic rings. The number of rotatable bonds is 6. The number of carbonyl (C=O) groups is 2. The number of carbonyl (C=O) groups excluding carboxylic acids is 2. The van der Waals surface area contributed by atoms with Crippen LogP contribution >= 0.6 is 0 Å². The van der Waals surface area contributed by atoms with E-state index in [4.69, 9.17) is 0 Å². The van der Waals surface area contributed by atoms with Crippen LogP contribution in [-0.2, 0) is 29.7 Å². The molecule has 0 spiro atoms. The number of hydrogen-bond donors (Lipinski definition) is 0. The molecule has 0 N–H and O–H groups in total. The van der Waals surface area contributed by atoms with Crippen LogP contribution in [0.3, 0.4) is 0 Å². The Morgan fingerprint density at radius 3 is 2.85 bits per heavy atom. The van der Waals surface area contributed by atoms with E-state index in [2.05, 4.69) is 10.1 Å². The summed E-state index contributed by atoms with van der Waals surface area (Å²) in [6.07, 6.45) is 7.85. The third-order valence-electron chi connectivity index (χ3n) is 5.02. The smallest absolute Gasteiger partial charge is 0.228 e. The lowest BCUT2D eigenvalue weighted by atomic mass is 10.1. The van der Waals surface area contributed by atoms with Crippen LogP contribution in [0.25, 0.3) is 0 Å². The predicted octanol–water partition coefficient (Wildman–Crippen LogP) is 1.35. The molecule has 2 fully saturated rings. The van der Waals surface area contributed by atoms with Crippen LogP contribution in [0.1, 0.15) is 30.5 Å². The molecule has 0 aromatic carbocycles. The van der Waals surface area contributed by atoms with Crippen molar-refractivity contribution in [1.29, 1.82) is 0 Å². The second kappa shape index (κ2) is 6.90. The molecule has 2 amide bonds. The van der Waals surface area contributed by atoms with E-state index in [1.165, 1.54) is 0 Å². The first-order chi connectivity index (χ1) is 12.6. The fraction of sp³-hybridized carbons (Fsp3) is 0.474. The van der Waals surface area contributed by atoms with E-state index in [-0.39, 0.29) is 17.7 Å². The van der Waals surface area contributed by atoms with Crippen molar-refractivity contribution in [2.45, 2.75) is 38.4 Å². The van der Waals surface area contributed by atoms with Crippen LogP contribution < -0.4 is 0 Å². The van der Waals surface area contributed by atoms with Crippen molar-refractivity contribution in [2.75, 3.05) is 6.54 Å². The highest BCUT2D eigenvalue weighted by molar-refractivity contribution is 5.89. The van der Waals surface area contributed by atoms with Gasteiger partial charge in [0.2, 0.25) is 11.8 Å². The first-order valence-corrected chi connectivity index (χ1v) is 9.06. The molecule has 1 saturated heterocycles. The number of aryl methyl sites for hydroxylation is 1. The van der Waals surface area contributed by atoms with Crippen LogP contribution in [0.5, 0.6) is 0 Å². The van der Waals surface area contributed by atoms with Gasteiger partial charge in [0.05, 0.1) is 24.4 Å². The van der Waals surface area contributed by atoms with E-state index in [9.17, 15) is 9.59 Å². The Balaban J connectivity index is 1.42. The molecular weight excluding hydrogens is 330 g/mol. The molecule has 3 heterocycles. The van der Waals surface area contributed by atoms with Gasteiger partial charge in [-0.2, -0.15) is 5.10 Å². The second-order valence-electron chi connectivity index (χ2n) is 7.22. The van der Waals surface area contributed by atoms with Gasteiger partial charge in [-0.3, -0.25) is 19.3 Å². The number of hydrogen-bond acceptors (Lipinski definition) is 4. The van der Waals surface area contributed by atoms with E-state index in [1.54, 1.807) is 22.0 Å². The summed E-state index contributed by atoms with van der Waals surface area (Å²) in [7, 11) is 1.87. The molecule has 136 valence electrons. The quantitative estimate of drug-likeness (QED) is 0.786. The first-order valence-electron chi connectivity index (χ1n) is 9.06. The van der Waals surface area contributed by atoms with Gasteiger partial charge in [0.15, 0.2) is 0 Å². The van der Waals surface area contributed by atoms with Gasteiger partial charge in [0.25, 0.3) is 0 Å². The summed E-state index contributed by atoms with van der Waals surface area (Å²) in [5.74, 6) is -0.136. The molecule has 26 heavy (non-hydrogen) atoms. The molecule has 4 rings (SSSR count). The van der Waals surface area contributed by atoms with Crippen molar-refractivity contribution in [3.63, 3.8) is 0 Å². The highest BCUT2D eigenvalue weighted by Crippen LogP contribution is 2.32. The molecule has 1 saturated carbocycles. The number of aromatic nitrogens is 3. The Hall–Kier alpha value is -2.70. The topological polar surface area (TPSA) is 71.3 Å². The van der Waals surface area contributed by atoms with Crippen LogP contribution in [0.4, 0.5) is 0 Å². The third-order valence-corrected chi connectivity index (χ3v) is 5.02. The summed E-state index contributed by atoms with van der Waals surface area (Å²) in [6, 6.07) is 5.98. The first kappa shape index (κ1) is 16.8. The molecule has 1 atom stereocenters. The normalized spacial score (nSPS) is 19.8. The van der Waals surface area contributed by atoms with Gasteiger partial charge in [-0.1, -0.05) is 6.07 Å². The van der Waals surface area contributed by atoms with E-state index >= 15 is 0 Å². The lowest BCUT2D eigenvalue weighted by molar-refractivity contribution is -0.137. The number of amides is 2. The highest BCUT2D eigenvalue weighted by Gasteiger charge is 2.41. The predicted molar refractivity (Wildman–Crippen MR) is 94.5 cm³/mol. The summed E-state index contributed by atoms with van der Waals surface area (Å²) >= 11 is 0. The molecule has 2 aliphatic rings. The molecule has 1 aliphatic heterocycles. The Kier molecular flexibility index (Phi) is 4.44. The van der Waals surface area contributed by atoms with E-state index < -0.39 is 0 Å². The minimum absolute atomic E-state index is 0.0335. The molecular formula is C19H23N5O2. The van der Waals surface area contributed by atoms with Gasteiger partial charge < -0.3 is 9.80 Å². The molecule has 0 bridgehead atoms. The molecule has 2 aromatic heterocycles. The van der Waals surface area contributed by atoms with Crippen molar-refractivity contribution in [3.8, 4) is 0 Å². The number of nitrogens with zero attached hydrogens (tertiary/aromatic N) is 5. The standard InChI is InChI=1S/C19H23N5O2/c1-22-10-14(9-21-22)11-24(17-5-6-17)19(26)15-8-18(25)23(12-15)13-16-4-2-3-7-20-16/h2-4,7,9-10,15,17H,5-6,8,11-13H2,1H3. The van der Waals surface area contributed by atoms with Gasteiger partial charge in [0.1, 0.15) is 0 Å². The number of likely N-dealkylation sites (tertiary alicyclic amines) is 1. The minimum atomic E-state index is -0.261. The van der Waals surface area contributed by atoms with Crippen LogP contribution in [-0.4, -0.2) is 49.0 Å². The highest BCUT2D eigenvalue weighted by atomic mass is 16.2. The van der Waals surface area contributed by atoms with Crippen molar-refractivity contribution in [3.05, 3.63) is 48.0 Å². The molecule has 0 radical (unpaired) electrons. The average Bonchev–Trinajstić information content (AvgIpc) is 3.30. The molecule has 7 heteroatoms. The largest absolute Gasteiger partial charge is 0.336 e. The van der Waals surface area contributed by atoms with Gasteiger partial charge in [0, 0.05) is 50.6 Å². The SMILES string of the molecule is Cn1cc(CN(C(=O)C2CC(=O)N(Cc3ccccn3)C2)C2CC2)cn1. The Bertz CT molecular complexity index is 799. The second-order valence-corrected chi connectivity index (χ2v) is 7.22.